The number of carbonyl (C=O) groups excluding carboxylic acids is 11. The summed E-state index contributed by atoms with van der Waals surface area (Å²) < 4.78 is 0. The number of nitrogens with one attached hydrogen (secondary N) is 6. The topological polar surface area (TPSA) is 296 Å². The van der Waals surface area contributed by atoms with Gasteiger partial charge in [-0.05, 0) is 89.9 Å². The van der Waals surface area contributed by atoms with Gasteiger partial charge >= 0.3 is 0 Å². The Morgan fingerprint density at radius 2 is 0.987 bits per heavy atom. The smallest absolute Gasteiger partial charge is 0.245 e. The number of aliphatic hydroxyl groups is 1. The van der Waals surface area contributed by atoms with Crippen LogP contribution in [0.5, 0.6) is 0 Å². The van der Waals surface area contributed by atoms with Gasteiger partial charge in [-0.3, -0.25) is 52.7 Å². The zero-order valence-electron chi connectivity index (χ0n) is 49.6. The Balaban J connectivity index is 4.04. The second kappa shape index (κ2) is 31.3. The quantitative estimate of drug-likeness (QED) is 0.140. The number of hydrogen-bond acceptors (Lipinski definition) is 12. The van der Waals surface area contributed by atoms with E-state index in [2.05, 4.69) is 31.9 Å². The van der Waals surface area contributed by atoms with Gasteiger partial charge in [-0.15, -0.1) is 0 Å². The predicted octanol–water partition coefficient (Wildman–Crippen LogP) is 0.532. The molecule has 23 heteroatoms. The van der Waals surface area contributed by atoms with Gasteiger partial charge in [-0.2, -0.15) is 0 Å². The second-order valence-corrected chi connectivity index (χ2v) is 22.3. The Labute approximate surface area is 457 Å². The molecule has 0 aromatic rings. The summed E-state index contributed by atoms with van der Waals surface area (Å²) in [5.41, 5.74) is 0. The molecule has 0 aromatic heterocycles. The van der Waals surface area contributed by atoms with E-state index in [1.165, 1.54) is 77.6 Å². The molecule has 438 valence electrons. The average Bonchev–Trinajstić information content (AvgIpc) is 3.36. The van der Waals surface area contributed by atoms with Crippen LogP contribution in [0.1, 0.15) is 130 Å². The molecule has 1 aliphatic heterocycles. The van der Waals surface area contributed by atoms with Crippen molar-refractivity contribution in [1.82, 2.24) is 56.4 Å². The van der Waals surface area contributed by atoms with E-state index in [-0.39, 0.29) is 31.1 Å². The first kappa shape index (κ1) is 68.9. The van der Waals surface area contributed by atoms with Crippen LogP contribution in [0.15, 0.2) is 12.2 Å². The predicted molar refractivity (Wildman–Crippen MR) is 292 cm³/mol. The molecule has 0 aromatic carbocycles. The summed E-state index contributed by atoms with van der Waals surface area (Å²) in [5.74, 6) is -9.94. The van der Waals surface area contributed by atoms with Gasteiger partial charge in [0.15, 0.2) is 0 Å². The third-order valence-electron chi connectivity index (χ3n) is 14.3. The molecule has 77 heavy (non-hydrogen) atoms. The highest BCUT2D eigenvalue weighted by Crippen LogP contribution is 2.23. The standard InChI is InChI=1S/C54H95N11O12/c1-21-23-24-32(11)44(67)42-49(72)58-37(22-2)48(71)55-27-40(66)61(16)35(14)47(70)59-41(30(7)8)54(77)62(17)36(15)46(69)56-33(12)45(68)57-34(13)51(74)63(18)38(25-28(3)4)52(75)64(19)39(26-29(5)6)53(76)65(20)43(31(9)10)50(73)60-42/h21,23,28-39,41-44,67H,22,24-27H2,1-20H3,(H,55,71)(H,56,69)(H,57,68)(H,58,72)(H,59,70)(H,60,73)/b23-21+/t32-,33+,34-,35-,36+,37+,38+,39-,41+,42+,43+,44-/m1/s1. The van der Waals surface area contributed by atoms with E-state index < -0.39 is 156 Å². The fourth-order valence-corrected chi connectivity index (χ4v) is 8.84. The van der Waals surface area contributed by atoms with Crippen LogP contribution < -0.4 is 31.9 Å². The maximum absolute atomic E-state index is 14.9. The highest BCUT2D eigenvalue weighted by atomic mass is 16.3. The van der Waals surface area contributed by atoms with E-state index in [9.17, 15) is 57.8 Å². The molecule has 7 N–H and O–H groups in total. The second-order valence-electron chi connectivity index (χ2n) is 22.3. The summed E-state index contributed by atoms with van der Waals surface area (Å²) in [6.45, 7) is 24.3. The van der Waals surface area contributed by atoms with Gasteiger partial charge in [-0.1, -0.05) is 81.4 Å². The van der Waals surface area contributed by atoms with Crippen LogP contribution >= 0.6 is 0 Å². The van der Waals surface area contributed by atoms with Crippen molar-refractivity contribution in [1.29, 1.82) is 0 Å². The average molecular weight is 1090 g/mol. The molecule has 0 radical (unpaired) electrons. The van der Waals surface area contributed by atoms with Crippen molar-refractivity contribution in [2.45, 2.75) is 196 Å². The first-order valence-corrected chi connectivity index (χ1v) is 27.0. The summed E-state index contributed by atoms with van der Waals surface area (Å²) in [7, 11) is 6.96. The van der Waals surface area contributed by atoms with Crippen molar-refractivity contribution in [3.8, 4) is 0 Å². The molecule has 0 spiro atoms. The van der Waals surface area contributed by atoms with Crippen molar-refractivity contribution in [2.75, 3.05) is 41.8 Å². The number of allylic oxidation sites excluding steroid dienone is 2. The van der Waals surface area contributed by atoms with Gasteiger partial charge in [0.2, 0.25) is 65.0 Å². The summed E-state index contributed by atoms with van der Waals surface area (Å²) >= 11 is 0. The minimum atomic E-state index is -1.66. The molecule has 0 bridgehead atoms. The summed E-state index contributed by atoms with van der Waals surface area (Å²) in [5, 5.41) is 27.4. The van der Waals surface area contributed by atoms with Crippen LogP contribution in [0.2, 0.25) is 0 Å². The minimum Gasteiger partial charge on any atom is -0.390 e. The summed E-state index contributed by atoms with van der Waals surface area (Å²) in [6.07, 6.45) is 2.65. The Morgan fingerprint density at radius 3 is 1.47 bits per heavy atom. The van der Waals surface area contributed by atoms with Gasteiger partial charge < -0.3 is 61.5 Å². The first-order chi connectivity index (χ1) is 35.6. The van der Waals surface area contributed by atoms with Gasteiger partial charge in [0.25, 0.3) is 0 Å². The Morgan fingerprint density at radius 1 is 0.519 bits per heavy atom. The summed E-state index contributed by atoms with van der Waals surface area (Å²) in [6, 6.07) is -12.4. The molecule has 1 saturated heterocycles. The van der Waals surface area contributed by atoms with Crippen LogP contribution in [0.4, 0.5) is 0 Å². The highest BCUT2D eigenvalue weighted by Gasteiger charge is 2.43. The molecular formula is C54H95N11O12. The van der Waals surface area contributed by atoms with Crippen molar-refractivity contribution in [3.63, 3.8) is 0 Å². The number of nitrogens with zero attached hydrogens (tertiary/aromatic N) is 5. The fourth-order valence-electron chi connectivity index (χ4n) is 8.84. The zero-order valence-corrected chi connectivity index (χ0v) is 49.6. The lowest BCUT2D eigenvalue weighted by molar-refractivity contribution is -0.154. The SMILES string of the molecule is C/C=C/C[C@@H](C)[C@@H](O)[C@@H]1NC(=O)[C@H](C(C)C)N(C)C(=O)[C@@H](CC(C)C)N(C)C(=O)[C@H](CC(C)C)N(C)C(=O)[C@@H](C)NC(=O)[C@H](C)NC(=O)[C@H](C)N(C)C(=O)[C@H](C(C)C)NC(=O)[C@@H](C)N(C)C(=O)CNC(=O)[C@H](CC)NC1=O. The number of amides is 11. The largest absolute Gasteiger partial charge is 0.390 e. The van der Waals surface area contributed by atoms with Gasteiger partial charge in [-0.25, -0.2) is 0 Å². The number of likely N-dealkylation sites (N-methyl/N-ethyl adjacent to an activating group) is 5. The highest BCUT2D eigenvalue weighted by molar-refractivity contribution is 5.99. The van der Waals surface area contributed by atoms with Crippen LogP contribution in [-0.4, -0.2) is 203 Å². The van der Waals surface area contributed by atoms with Gasteiger partial charge in [0.1, 0.15) is 60.4 Å². The molecule has 0 aliphatic carbocycles. The molecule has 1 fully saturated rings. The molecular weight excluding hydrogens is 995 g/mol. The van der Waals surface area contributed by atoms with Crippen molar-refractivity contribution < 1.29 is 57.8 Å². The van der Waals surface area contributed by atoms with E-state index in [0.29, 0.717) is 6.42 Å². The maximum Gasteiger partial charge on any atom is 0.245 e. The van der Waals surface area contributed by atoms with E-state index in [1.54, 1.807) is 60.6 Å². The maximum atomic E-state index is 14.9. The lowest BCUT2D eigenvalue weighted by atomic mass is 9.92. The molecule has 12 atom stereocenters. The molecule has 23 nitrogen and oxygen atoms in total. The van der Waals surface area contributed by atoms with Crippen LogP contribution in [0.3, 0.4) is 0 Å². The molecule has 0 saturated carbocycles. The summed E-state index contributed by atoms with van der Waals surface area (Å²) in [4.78, 5) is 160. The first-order valence-electron chi connectivity index (χ1n) is 27.0. The molecule has 1 rings (SSSR count). The van der Waals surface area contributed by atoms with E-state index >= 15 is 0 Å². The van der Waals surface area contributed by atoms with Crippen molar-refractivity contribution in [3.05, 3.63) is 12.2 Å². The Hall–Kier alpha value is -6.13. The van der Waals surface area contributed by atoms with E-state index in [1.807, 2.05) is 27.7 Å². The zero-order chi connectivity index (χ0) is 59.7. The molecule has 0 unspecified atom stereocenters. The lowest BCUT2D eigenvalue weighted by Crippen LogP contribution is -2.63. The van der Waals surface area contributed by atoms with Crippen LogP contribution in [-0.2, 0) is 52.7 Å². The molecule has 11 amide bonds. The van der Waals surface area contributed by atoms with Crippen molar-refractivity contribution in [2.24, 2.45) is 29.6 Å². The van der Waals surface area contributed by atoms with E-state index in [0.717, 1.165) is 9.80 Å². The van der Waals surface area contributed by atoms with Gasteiger partial charge in [0.05, 0.1) is 12.6 Å². The Kier molecular flexibility index (Phi) is 28.0. The molecule has 1 aliphatic rings. The van der Waals surface area contributed by atoms with Crippen LogP contribution in [0, 0.1) is 29.6 Å². The van der Waals surface area contributed by atoms with Crippen molar-refractivity contribution >= 4 is 65.0 Å². The Bertz CT molecular complexity index is 2120. The number of aliphatic hydroxyl groups excluding tert-OH is 1. The monoisotopic (exact) mass is 1090 g/mol. The van der Waals surface area contributed by atoms with E-state index in [4.69, 9.17) is 0 Å². The minimum absolute atomic E-state index is 0.00895. The number of carbonyl (C=O) groups is 11. The molecule has 1 heterocycles. The third-order valence-corrected chi connectivity index (χ3v) is 14.3. The fraction of sp³-hybridized carbons (Fsp3) is 0.759. The van der Waals surface area contributed by atoms with Gasteiger partial charge in [0, 0.05) is 35.2 Å². The van der Waals surface area contributed by atoms with Crippen LogP contribution in [0.25, 0.3) is 0 Å². The number of rotatable bonds is 11. The third kappa shape index (κ3) is 19.4. The normalized spacial score (nSPS) is 28.0. The number of hydrogen-bond donors (Lipinski definition) is 7. The lowest BCUT2D eigenvalue weighted by Gasteiger charge is -2.39.